The van der Waals surface area contributed by atoms with Crippen LogP contribution in [0.4, 0.5) is 5.82 Å². The summed E-state index contributed by atoms with van der Waals surface area (Å²) in [7, 11) is -3.11. The van der Waals surface area contributed by atoms with Crippen LogP contribution < -0.4 is 5.32 Å². The van der Waals surface area contributed by atoms with E-state index in [0.29, 0.717) is 24.1 Å². The van der Waals surface area contributed by atoms with Gasteiger partial charge in [-0.25, -0.2) is 13.2 Å². The first-order chi connectivity index (χ1) is 9.30. The largest absolute Gasteiger partial charge is 0.478 e. The third-order valence-corrected chi connectivity index (χ3v) is 3.77. The van der Waals surface area contributed by atoms with Crippen LogP contribution in [0, 0.1) is 0 Å². The van der Waals surface area contributed by atoms with Crippen LogP contribution in [0.3, 0.4) is 0 Å². The van der Waals surface area contributed by atoms with Gasteiger partial charge in [0.05, 0.1) is 11.4 Å². The number of hydrogen-bond donors (Lipinski definition) is 2. The van der Waals surface area contributed by atoms with E-state index in [1.54, 1.807) is 0 Å². The highest BCUT2D eigenvalue weighted by Crippen LogP contribution is 2.20. The van der Waals surface area contributed by atoms with E-state index in [1.807, 2.05) is 13.8 Å². The van der Waals surface area contributed by atoms with Crippen molar-refractivity contribution in [1.29, 1.82) is 0 Å². The Bertz CT molecular complexity index is 599. The van der Waals surface area contributed by atoms with Gasteiger partial charge in [0.25, 0.3) is 0 Å². The Hall–Kier alpha value is -1.70. The first-order valence-electron chi connectivity index (χ1n) is 6.33. The average molecular weight is 301 g/mol. The van der Waals surface area contributed by atoms with Crippen molar-refractivity contribution < 1.29 is 18.3 Å². The summed E-state index contributed by atoms with van der Waals surface area (Å²) in [6.07, 6.45) is 2.25. The number of hydrogen-bond acceptors (Lipinski definition) is 6. The summed E-state index contributed by atoms with van der Waals surface area (Å²) in [6, 6.07) is 0. The lowest BCUT2D eigenvalue weighted by molar-refractivity contribution is 0.0696. The normalized spacial score (nSPS) is 11.3. The molecule has 0 amide bonds. The molecule has 7 nitrogen and oxygen atoms in total. The molecular formula is C12H19N3O4S. The molecule has 20 heavy (non-hydrogen) atoms. The number of nitrogens with one attached hydrogen (secondary N) is 1. The molecule has 2 N–H and O–H groups in total. The summed E-state index contributed by atoms with van der Waals surface area (Å²) in [5, 5.41) is 19.9. The maximum Gasteiger partial charge on any atom is 0.339 e. The van der Waals surface area contributed by atoms with Crippen LogP contribution in [0.2, 0.25) is 0 Å². The number of aromatic nitrogens is 2. The molecule has 0 fully saturated rings. The van der Waals surface area contributed by atoms with Crippen LogP contribution in [0.25, 0.3) is 0 Å². The summed E-state index contributed by atoms with van der Waals surface area (Å²) >= 11 is 0. The highest BCUT2D eigenvalue weighted by Gasteiger charge is 2.20. The molecule has 0 bridgehead atoms. The van der Waals surface area contributed by atoms with Gasteiger partial charge >= 0.3 is 5.97 Å². The Morgan fingerprint density at radius 2 is 1.90 bits per heavy atom. The van der Waals surface area contributed by atoms with Crippen molar-refractivity contribution in [2.75, 3.05) is 23.9 Å². The van der Waals surface area contributed by atoms with Gasteiger partial charge in [0.15, 0.2) is 5.82 Å². The number of aromatic carboxylic acids is 1. The van der Waals surface area contributed by atoms with Gasteiger partial charge in [-0.15, -0.1) is 5.10 Å². The van der Waals surface area contributed by atoms with Crippen molar-refractivity contribution in [2.45, 2.75) is 26.7 Å². The monoisotopic (exact) mass is 301 g/mol. The molecule has 1 aromatic heterocycles. The van der Waals surface area contributed by atoms with E-state index < -0.39 is 15.8 Å². The minimum Gasteiger partial charge on any atom is -0.478 e. The van der Waals surface area contributed by atoms with Crippen molar-refractivity contribution in [2.24, 2.45) is 0 Å². The Morgan fingerprint density at radius 1 is 1.25 bits per heavy atom. The van der Waals surface area contributed by atoms with Crippen LogP contribution >= 0.6 is 0 Å². The average Bonchev–Trinajstić information content (AvgIpc) is 2.35. The fourth-order valence-corrected chi connectivity index (χ4v) is 2.35. The first kappa shape index (κ1) is 16.4. The van der Waals surface area contributed by atoms with Crippen molar-refractivity contribution >= 4 is 21.6 Å². The van der Waals surface area contributed by atoms with Gasteiger partial charge < -0.3 is 10.4 Å². The molecule has 112 valence electrons. The van der Waals surface area contributed by atoms with Crippen molar-refractivity contribution in [3.63, 3.8) is 0 Å². The van der Waals surface area contributed by atoms with Crippen LogP contribution in [0.15, 0.2) is 0 Å². The minimum absolute atomic E-state index is 0.0767. The molecule has 0 radical (unpaired) electrons. The Labute approximate surface area is 118 Å². The third kappa shape index (κ3) is 4.16. The lowest BCUT2D eigenvalue weighted by Crippen LogP contribution is -2.19. The van der Waals surface area contributed by atoms with E-state index in [4.69, 9.17) is 0 Å². The minimum atomic E-state index is -3.11. The molecular weight excluding hydrogens is 282 g/mol. The van der Waals surface area contributed by atoms with Crippen LogP contribution in [-0.4, -0.2) is 48.2 Å². The Kier molecular flexibility index (Phi) is 5.43. The topological polar surface area (TPSA) is 109 Å². The van der Waals surface area contributed by atoms with Gasteiger partial charge in [0.2, 0.25) is 0 Å². The second kappa shape index (κ2) is 6.65. The molecule has 0 aromatic carbocycles. The van der Waals surface area contributed by atoms with E-state index in [9.17, 15) is 18.3 Å². The summed E-state index contributed by atoms with van der Waals surface area (Å²) < 4.78 is 22.1. The van der Waals surface area contributed by atoms with E-state index in [0.717, 1.165) is 6.26 Å². The van der Waals surface area contributed by atoms with Gasteiger partial charge in [0.1, 0.15) is 15.4 Å². The fraction of sp³-hybridized carbons (Fsp3) is 0.583. The zero-order valence-corrected chi connectivity index (χ0v) is 12.6. The molecule has 1 heterocycles. The highest BCUT2D eigenvalue weighted by atomic mass is 32.2. The van der Waals surface area contributed by atoms with Crippen molar-refractivity contribution in [1.82, 2.24) is 10.2 Å². The number of rotatable bonds is 7. The molecule has 0 aliphatic rings. The molecule has 1 rings (SSSR count). The second-order valence-electron chi connectivity index (χ2n) is 4.42. The molecule has 8 heteroatoms. The smallest absolute Gasteiger partial charge is 0.339 e. The Balaban J connectivity index is 3.10. The van der Waals surface area contributed by atoms with E-state index in [1.165, 1.54) is 0 Å². The van der Waals surface area contributed by atoms with Gasteiger partial charge in [-0.3, -0.25) is 0 Å². The molecule has 0 atom stereocenters. The second-order valence-corrected chi connectivity index (χ2v) is 6.68. The zero-order valence-electron chi connectivity index (χ0n) is 11.8. The lowest BCUT2D eigenvalue weighted by Gasteiger charge is -2.13. The number of carbonyl (C=O) groups is 1. The number of sulfone groups is 1. The Morgan fingerprint density at radius 3 is 2.35 bits per heavy atom. The summed E-state index contributed by atoms with van der Waals surface area (Å²) in [6.45, 7) is 3.83. The van der Waals surface area contributed by atoms with Crippen LogP contribution in [0.5, 0.6) is 0 Å². The predicted octanol–water partition coefficient (Wildman–Crippen LogP) is 0.756. The zero-order chi connectivity index (χ0) is 15.3. The van der Waals surface area contributed by atoms with Crippen molar-refractivity contribution in [3.8, 4) is 0 Å². The van der Waals surface area contributed by atoms with E-state index in [2.05, 4.69) is 15.5 Å². The molecule has 0 aliphatic carbocycles. The van der Waals surface area contributed by atoms with Gasteiger partial charge in [-0.05, 0) is 18.4 Å². The molecule has 0 aliphatic heterocycles. The maximum absolute atomic E-state index is 11.4. The van der Waals surface area contributed by atoms with Gasteiger partial charge in [0, 0.05) is 12.8 Å². The molecule has 0 saturated heterocycles. The number of carboxylic acids is 1. The third-order valence-electron chi connectivity index (χ3n) is 2.83. The van der Waals surface area contributed by atoms with Gasteiger partial charge in [-0.1, -0.05) is 13.8 Å². The maximum atomic E-state index is 11.4. The van der Waals surface area contributed by atoms with E-state index >= 15 is 0 Å². The SMILES string of the molecule is CCc1nnc(NCCS(C)(=O)=O)c(C(=O)O)c1CC. The molecule has 0 spiro atoms. The first-order valence-corrected chi connectivity index (χ1v) is 8.39. The number of anilines is 1. The molecule has 0 saturated carbocycles. The number of nitrogens with zero attached hydrogens (tertiary/aromatic N) is 2. The van der Waals surface area contributed by atoms with Crippen LogP contribution in [-0.2, 0) is 22.7 Å². The summed E-state index contributed by atoms with van der Waals surface area (Å²) in [5.74, 6) is -1.06. The standard InChI is InChI=1S/C12H19N3O4S/c1-4-8-9(5-2)14-15-11(10(8)12(16)17)13-6-7-20(3,18)19/h4-7H2,1-3H3,(H,13,15)(H,16,17). The summed E-state index contributed by atoms with van der Waals surface area (Å²) in [5.41, 5.74) is 1.36. The predicted molar refractivity (Wildman–Crippen MR) is 75.9 cm³/mol. The number of carboxylic acid groups (broad SMARTS) is 1. The highest BCUT2D eigenvalue weighted by molar-refractivity contribution is 7.90. The molecule has 0 unspecified atom stereocenters. The summed E-state index contributed by atoms with van der Waals surface area (Å²) in [4.78, 5) is 11.4. The molecule has 1 aromatic rings. The lowest BCUT2D eigenvalue weighted by atomic mass is 10.0. The number of aryl methyl sites for hydroxylation is 1. The quantitative estimate of drug-likeness (QED) is 0.765. The van der Waals surface area contributed by atoms with Crippen molar-refractivity contribution in [3.05, 3.63) is 16.8 Å². The van der Waals surface area contributed by atoms with Crippen LogP contribution in [0.1, 0.15) is 35.5 Å². The van der Waals surface area contributed by atoms with Gasteiger partial charge in [-0.2, -0.15) is 5.10 Å². The van der Waals surface area contributed by atoms with E-state index in [-0.39, 0.29) is 23.7 Å². The fourth-order valence-electron chi connectivity index (χ4n) is 1.88.